The van der Waals surface area contributed by atoms with Gasteiger partial charge in [-0.1, -0.05) is 17.7 Å². The first kappa shape index (κ1) is 13.5. The van der Waals surface area contributed by atoms with E-state index in [0.717, 1.165) is 22.4 Å². The van der Waals surface area contributed by atoms with Crippen LogP contribution >= 0.6 is 0 Å². The highest BCUT2D eigenvalue weighted by molar-refractivity contribution is 5.46. The Morgan fingerprint density at radius 2 is 1.94 bits per heavy atom. The van der Waals surface area contributed by atoms with Crippen LogP contribution in [0.4, 0.5) is 0 Å². The summed E-state index contributed by atoms with van der Waals surface area (Å²) in [7, 11) is 1.63. The van der Waals surface area contributed by atoms with E-state index in [4.69, 9.17) is 15.7 Å². The molecule has 2 N–H and O–H groups in total. The molecule has 0 heterocycles. The summed E-state index contributed by atoms with van der Waals surface area (Å²) in [6.45, 7) is 7.69. The molecule has 3 heteroatoms. The predicted octanol–water partition coefficient (Wildman–Crippen LogP) is 2.86. The molecule has 0 amide bonds. The molecule has 0 bridgehead atoms. The van der Waals surface area contributed by atoms with Crippen molar-refractivity contribution in [3.8, 4) is 11.8 Å². The summed E-state index contributed by atoms with van der Waals surface area (Å²) in [5.74, 6) is 0.784. The van der Waals surface area contributed by atoms with E-state index in [0.29, 0.717) is 0 Å². The van der Waals surface area contributed by atoms with Gasteiger partial charge in [0.25, 0.3) is 0 Å². The smallest absolute Gasteiger partial charge is 0.126 e. The maximum atomic E-state index is 9.16. The highest BCUT2D eigenvalue weighted by Gasteiger charge is 2.30. The van der Waals surface area contributed by atoms with Crippen LogP contribution in [0.1, 0.15) is 36.6 Å². The van der Waals surface area contributed by atoms with Gasteiger partial charge in [0.2, 0.25) is 0 Å². The minimum absolute atomic E-state index is 0.360. The minimum Gasteiger partial charge on any atom is -0.496 e. The minimum atomic E-state index is -0.618. The first-order chi connectivity index (χ1) is 7.83. The molecule has 1 unspecified atom stereocenters. The monoisotopic (exact) mass is 232 g/mol. The summed E-state index contributed by atoms with van der Waals surface area (Å²) >= 11 is 0. The number of rotatable bonds is 3. The topological polar surface area (TPSA) is 59.0 Å². The SMILES string of the molecule is COc1c(C)cc(C)cc1C(N)C(C)(C)C#N. The maximum Gasteiger partial charge on any atom is 0.126 e. The number of hydrogen-bond donors (Lipinski definition) is 1. The van der Waals surface area contributed by atoms with E-state index < -0.39 is 5.41 Å². The summed E-state index contributed by atoms with van der Waals surface area (Å²) < 4.78 is 5.40. The molecule has 0 aliphatic carbocycles. The lowest BCUT2D eigenvalue weighted by atomic mass is 9.81. The van der Waals surface area contributed by atoms with Crippen molar-refractivity contribution in [3.63, 3.8) is 0 Å². The van der Waals surface area contributed by atoms with Crippen molar-refractivity contribution in [1.29, 1.82) is 5.26 Å². The Morgan fingerprint density at radius 3 is 2.41 bits per heavy atom. The van der Waals surface area contributed by atoms with Crippen molar-refractivity contribution < 1.29 is 4.74 Å². The Hall–Kier alpha value is -1.53. The summed E-state index contributed by atoms with van der Waals surface area (Å²) in [4.78, 5) is 0. The van der Waals surface area contributed by atoms with Gasteiger partial charge in [-0.3, -0.25) is 0 Å². The maximum absolute atomic E-state index is 9.16. The third kappa shape index (κ3) is 2.59. The fraction of sp³-hybridized carbons (Fsp3) is 0.500. The van der Waals surface area contributed by atoms with E-state index in [1.807, 2.05) is 33.8 Å². The number of nitrogens with zero attached hydrogens (tertiary/aromatic N) is 1. The number of benzene rings is 1. The number of nitrogens with two attached hydrogens (primary N) is 1. The second-order valence-electron chi connectivity index (χ2n) is 5.02. The molecule has 0 saturated heterocycles. The van der Waals surface area contributed by atoms with Gasteiger partial charge in [0.15, 0.2) is 0 Å². The van der Waals surface area contributed by atoms with Crippen molar-refractivity contribution >= 4 is 0 Å². The van der Waals surface area contributed by atoms with Gasteiger partial charge >= 0.3 is 0 Å². The number of ether oxygens (including phenoxy) is 1. The molecule has 0 aliphatic rings. The number of aryl methyl sites for hydroxylation is 2. The summed E-state index contributed by atoms with van der Waals surface area (Å²) in [5.41, 5.74) is 8.65. The fourth-order valence-electron chi connectivity index (χ4n) is 1.96. The average molecular weight is 232 g/mol. The van der Waals surface area contributed by atoms with Gasteiger partial charge in [-0.25, -0.2) is 0 Å². The molecular weight excluding hydrogens is 212 g/mol. The second kappa shape index (κ2) is 4.77. The zero-order valence-electron chi connectivity index (χ0n) is 11.2. The highest BCUT2D eigenvalue weighted by atomic mass is 16.5. The van der Waals surface area contributed by atoms with Crippen molar-refractivity contribution in [1.82, 2.24) is 0 Å². The van der Waals surface area contributed by atoms with E-state index in [-0.39, 0.29) is 6.04 Å². The van der Waals surface area contributed by atoms with Crippen LogP contribution in [-0.4, -0.2) is 7.11 Å². The van der Waals surface area contributed by atoms with E-state index in [1.54, 1.807) is 7.11 Å². The van der Waals surface area contributed by atoms with Gasteiger partial charge in [-0.15, -0.1) is 0 Å². The molecule has 1 aromatic carbocycles. The molecule has 92 valence electrons. The van der Waals surface area contributed by atoms with Crippen molar-refractivity contribution in [2.45, 2.75) is 33.7 Å². The molecule has 0 aliphatic heterocycles. The van der Waals surface area contributed by atoms with Crippen LogP contribution in [0.5, 0.6) is 5.75 Å². The van der Waals surface area contributed by atoms with Gasteiger partial charge in [0, 0.05) is 5.56 Å². The molecule has 0 saturated carbocycles. The normalized spacial score (nSPS) is 13.0. The Bertz CT molecular complexity index is 458. The third-order valence-electron chi connectivity index (χ3n) is 3.05. The molecule has 3 nitrogen and oxygen atoms in total. The number of nitriles is 1. The average Bonchev–Trinajstić information content (AvgIpc) is 2.27. The number of hydrogen-bond acceptors (Lipinski definition) is 3. The van der Waals surface area contributed by atoms with Gasteiger partial charge < -0.3 is 10.5 Å². The molecule has 1 rings (SSSR count). The van der Waals surface area contributed by atoms with Crippen LogP contribution < -0.4 is 10.5 Å². The Morgan fingerprint density at radius 1 is 1.35 bits per heavy atom. The van der Waals surface area contributed by atoms with Crippen molar-refractivity contribution in [2.24, 2.45) is 11.1 Å². The standard InChI is InChI=1S/C14H20N2O/c1-9-6-10(2)12(17-5)11(7-9)13(16)14(3,4)8-15/h6-7,13H,16H2,1-5H3. The Labute approximate surface area is 103 Å². The predicted molar refractivity (Wildman–Crippen MR) is 68.8 cm³/mol. The lowest BCUT2D eigenvalue weighted by Gasteiger charge is -2.27. The highest BCUT2D eigenvalue weighted by Crippen LogP contribution is 2.37. The molecule has 0 aromatic heterocycles. The van der Waals surface area contributed by atoms with Gasteiger partial charge in [-0.2, -0.15) is 5.26 Å². The largest absolute Gasteiger partial charge is 0.496 e. The third-order valence-corrected chi connectivity index (χ3v) is 3.05. The van der Waals surface area contributed by atoms with Gasteiger partial charge in [-0.05, 0) is 33.3 Å². The fourth-order valence-corrected chi connectivity index (χ4v) is 1.96. The molecule has 0 fully saturated rings. The lowest BCUT2D eigenvalue weighted by molar-refractivity contribution is 0.360. The number of methoxy groups -OCH3 is 1. The lowest BCUT2D eigenvalue weighted by Crippen LogP contribution is -2.28. The van der Waals surface area contributed by atoms with E-state index >= 15 is 0 Å². The molecule has 17 heavy (non-hydrogen) atoms. The van der Waals surface area contributed by atoms with Crippen molar-refractivity contribution in [3.05, 3.63) is 28.8 Å². The second-order valence-corrected chi connectivity index (χ2v) is 5.02. The van der Waals surface area contributed by atoms with Crippen molar-refractivity contribution in [2.75, 3.05) is 7.11 Å². The van der Waals surface area contributed by atoms with E-state index in [9.17, 15) is 0 Å². The van der Waals surface area contributed by atoms with Gasteiger partial charge in [0.05, 0.1) is 24.6 Å². The molecule has 1 aromatic rings. The quantitative estimate of drug-likeness (QED) is 0.871. The zero-order chi connectivity index (χ0) is 13.2. The molecule has 1 atom stereocenters. The molecule has 0 spiro atoms. The van der Waals surface area contributed by atoms with Crippen LogP contribution in [0, 0.1) is 30.6 Å². The van der Waals surface area contributed by atoms with Crippen LogP contribution in [0.2, 0.25) is 0 Å². The summed E-state index contributed by atoms with van der Waals surface area (Å²) in [5, 5.41) is 9.16. The van der Waals surface area contributed by atoms with E-state index in [2.05, 4.69) is 12.1 Å². The summed E-state index contributed by atoms with van der Waals surface area (Å²) in [6.07, 6.45) is 0. The Balaban J connectivity index is 3.36. The van der Waals surface area contributed by atoms with Gasteiger partial charge in [0.1, 0.15) is 5.75 Å². The van der Waals surface area contributed by atoms with E-state index in [1.165, 1.54) is 0 Å². The van der Waals surface area contributed by atoms with Crippen LogP contribution in [-0.2, 0) is 0 Å². The zero-order valence-corrected chi connectivity index (χ0v) is 11.2. The summed E-state index contributed by atoms with van der Waals surface area (Å²) in [6, 6.07) is 5.93. The molecule has 0 radical (unpaired) electrons. The first-order valence-electron chi connectivity index (χ1n) is 5.65. The van der Waals surface area contributed by atoms with Crippen LogP contribution in [0.25, 0.3) is 0 Å². The first-order valence-corrected chi connectivity index (χ1v) is 5.65. The van der Waals surface area contributed by atoms with Crippen LogP contribution in [0.3, 0.4) is 0 Å². The van der Waals surface area contributed by atoms with Crippen LogP contribution in [0.15, 0.2) is 12.1 Å². The Kier molecular flexibility index (Phi) is 3.79. The molecular formula is C14H20N2O.